The summed E-state index contributed by atoms with van der Waals surface area (Å²) in [7, 11) is 0. The average molecular weight is 239 g/mol. The molecule has 0 aliphatic rings. The van der Waals surface area contributed by atoms with Gasteiger partial charge in [0.25, 0.3) is 0 Å². The monoisotopic (exact) mass is 239 g/mol. The Morgan fingerprint density at radius 3 is 2.33 bits per heavy atom. The fraction of sp³-hybridized carbons (Fsp3) is 0.294. The summed E-state index contributed by atoms with van der Waals surface area (Å²) in [4.78, 5) is 0. The normalized spacial score (nSPS) is 10.4. The van der Waals surface area contributed by atoms with Crippen molar-refractivity contribution >= 4 is 5.69 Å². The molecule has 2 aromatic rings. The Hall–Kier alpha value is -1.76. The van der Waals surface area contributed by atoms with Gasteiger partial charge in [0.2, 0.25) is 0 Å². The standard InChI is InChI=1S/C17H21N/c1-13-8-6-10-17(15(13)3)18-12-11-16-9-5-4-7-14(16)2/h4-10,18H,11-12H2,1-3H3. The second-order valence-corrected chi connectivity index (χ2v) is 4.85. The van der Waals surface area contributed by atoms with Gasteiger partial charge in [-0.15, -0.1) is 0 Å². The predicted octanol–water partition coefficient (Wildman–Crippen LogP) is 4.27. The molecule has 0 aliphatic carbocycles. The Morgan fingerprint density at radius 2 is 1.56 bits per heavy atom. The number of hydrogen-bond donors (Lipinski definition) is 1. The van der Waals surface area contributed by atoms with E-state index < -0.39 is 0 Å². The first-order chi connectivity index (χ1) is 8.68. The van der Waals surface area contributed by atoms with Crippen LogP contribution in [0.2, 0.25) is 0 Å². The Bertz CT molecular complexity index is 529. The lowest BCUT2D eigenvalue weighted by atomic mass is 10.1. The number of hydrogen-bond acceptors (Lipinski definition) is 1. The van der Waals surface area contributed by atoms with Gasteiger partial charge in [-0.1, -0.05) is 36.4 Å². The van der Waals surface area contributed by atoms with E-state index in [0.717, 1.165) is 13.0 Å². The average Bonchev–Trinajstić information content (AvgIpc) is 2.37. The van der Waals surface area contributed by atoms with Crippen LogP contribution in [0.1, 0.15) is 22.3 Å². The van der Waals surface area contributed by atoms with Crippen molar-refractivity contribution in [1.82, 2.24) is 0 Å². The maximum absolute atomic E-state index is 3.53. The molecule has 0 atom stereocenters. The van der Waals surface area contributed by atoms with Crippen molar-refractivity contribution in [2.24, 2.45) is 0 Å². The molecule has 1 nitrogen and oxygen atoms in total. The molecule has 1 N–H and O–H groups in total. The summed E-state index contributed by atoms with van der Waals surface area (Å²) in [6, 6.07) is 15.0. The van der Waals surface area contributed by atoms with Crippen LogP contribution in [0.15, 0.2) is 42.5 Å². The largest absolute Gasteiger partial charge is 0.384 e. The van der Waals surface area contributed by atoms with Crippen molar-refractivity contribution < 1.29 is 0 Å². The summed E-state index contributed by atoms with van der Waals surface area (Å²) in [6.07, 6.45) is 1.07. The van der Waals surface area contributed by atoms with Crippen LogP contribution in [0, 0.1) is 20.8 Å². The molecule has 0 unspecified atom stereocenters. The third-order valence-electron chi connectivity index (χ3n) is 3.58. The van der Waals surface area contributed by atoms with E-state index >= 15 is 0 Å². The Balaban J connectivity index is 1.97. The highest BCUT2D eigenvalue weighted by molar-refractivity contribution is 5.53. The highest BCUT2D eigenvalue weighted by Gasteiger charge is 2.00. The van der Waals surface area contributed by atoms with E-state index in [1.807, 2.05) is 0 Å². The van der Waals surface area contributed by atoms with Gasteiger partial charge in [0.15, 0.2) is 0 Å². The van der Waals surface area contributed by atoms with E-state index in [-0.39, 0.29) is 0 Å². The molecule has 2 rings (SSSR count). The lowest BCUT2D eigenvalue weighted by molar-refractivity contribution is 1.00. The van der Waals surface area contributed by atoms with Crippen LogP contribution >= 0.6 is 0 Å². The highest BCUT2D eigenvalue weighted by atomic mass is 14.9. The maximum atomic E-state index is 3.53. The van der Waals surface area contributed by atoms with Gasteiger partial charge in [-0.3, -0.25) is 0 Å². The molecule has 0 fully saturated rings. The van der Waals surface area contributed by atoms with E-state index in [0.29, 0.717) is 0 Å². The fourth-order valence-corrected chi connectivity index (χ4v) is 2.17. The number of anilines is 1. The van der Waals surface area contributed by atoms with Crippen LogP contribution in [0.25, 0.3) is 0 Å². The van der Waals surface area contributed by atoms with Crippen LogP contribution in [-0.2, 0) is 6.42 Å². The van der Waals surface area contributed by atoms with Gasteiger partial charge in [0, 0.05) is 12.2 Å². The third-order valence-corrected chi connectivity index (χ3v) is 3.58. The molecule has 18 heavy (non-hydrogen) atoms. The summed E-state index contributed by atoms with van der Waals surface area (Å²) in [5, 5.41) is 3.53. The Kier molecular flexibility index (Phi) is 4.03. The molecule has 2 aromatic carbocycles. The predicted molar refractivity (Wildman–Crippen MR) is 79.3 cm³/mol. The molecule has 0 saturated heterocycles. The van der Waals surface area contributed by atoms with Crippen LogP contribution in [0.5, 0.6) is 0 Å². The molecular weight excluding hydrogens is 218 g/mol. The zero-order chi connectivity index (χ0) is 13.0. The Morgan fingerprint density at radius 1 is 0.833 bits per heavy atom. The van der Waals surface area contributed by atoms with Crippen molar-refractivity contribution in [1.29, 1.82) is 0 Å². The molecule has 0 saturated carbocycles. The molecule has 0 aliphatic heterocycles. The fourth-order valence-electron chi connectivity index (χ4n) is 2.17. The molecule has 0 radical (unpaired) electrons. The van der Waals surface area contributed by atoms with E-state index in [2.05, 4.69) is 68.6 Å². The van der Waals surface area contributed by atoms with E-state index in [4.69, 9.17) is 0 Å². The molecule has 0 spiro atoms. The molecule has 0 aromatic heterocycles. The van der Waals surface area contributed by atoms with Gasteiger partial charge in [0.1, 0.15) is 0 Å². The summed E-state index contributed by atoms with van der Waals surface area (Å²) < 4.78 is 0. The topological polar surface area (TPSA) is 12.0 Å². The van der Waals surface area contributed by atoms with Gasteiger partial charge < -0.3 is 5.32 Å². The number of rotatable bonds is 4. The number of aryl methyl sites for hydroxylation is 2. The van der Waals surface area contributed by atoms with Crippen LogP contribution in [-0.4, -0.2) is 6.54 Å². The lowest BCUT2D eigenvalue weighted by Gasteiger charge is -2.12. The van der Waals surface area contributed by atoms with Crippen molar-refractivity contribution in [3.8, 4) is 0 Å². The van der Waals surface area contributed by atoms with Crippen LogP contribution in [0.4, 0.5) is 5.69 Å². The van der Waals surface area contributed by atoms with Crippen molar-refractivity contribution in [3.05, 3.63) is 64.7 Å². The van der Waals surface area contributed by atoms with E-state index in [9.17, 15) is 0 Å². The molecular formula is C17H21N. The van der Waals surface area contributed by atoms with Crippen molar-refractivity contribution in [3.63, 3.8) is 0 Å². The minimum Gasteiger partial charge on any atom is -0.384 e. The third kappa shape index (κ3) is 2.92. The van der Waals surface area contributed by atoms with E-state index in [1.165, 1.54) is 27.9 Å². The highest BCUT2D eigenvalue weighted by Crippen LogP contribution is 2.18. The number of nitrogens with one attached hydrogen (secondary N) is 1. The second-order valence-electron chi connectivity index (χ2n) is 4.85. The lowest BCUT2D eigenvalue weighted by Crippen LogP contribution is -2.07. The zero-order valence-electron chi connectivity index (χ0n) is 11.5. The molecule has 94 valence electrons. The van der Waals surface area contributed by atoms with Crippen LogP contribution in [0.3, 0.4) is 0 Å². The smallest absolute Gasteiger partial charge is 0.0372 e. The number of benzene rings is 2. The Labute approximate surface area is 110 Å². The SMILES string of the molecule is Cc1ccccc1CCNc1cccc(C)c1C. The van der Waals surface area contributed by atoms with E-state index in [1.54, 1.807) is 0 Å². The zero-order valence-corrected chi connectivity index (χ0v) is 11.5. The van der Waals surface area contributed by atoms with Gasteiger partial charge in [0.05, 0.1) is 0 Å². The van der Waals surface area contributed by atoms with Gasteiger partial charge in [-0.25, -0.2) is 0 Å². The molecule has 0 heterocycles. The summed E-state index contributed by atoms with van der Waals surface area (Å²) in [5.74, 6) is 0. The molecule has 1 heteroatoms. The van der Waals surface area contributed by atoms with Gasteiger partial charge in [-0.05, 0) is 55.5 Å². The summed E-state index contributed by atoms with van der Waals surface area (Å²) in [5.41, 5.74) is 6.75. The molecule has 0 amide bonds. The van der Waals surface area contributed by atoms with Gasteiger partial charge in [-0.2, -0.15) is 0 Å². The van der Waals surface area contributed by atoms with Gasteiger partial charge >= 0.3 is 0 Å². The minimum absolute atomic E-state index is 0.981. The second kappa shape index (κ2) is 5.72. The summed E-state index contributed by atoms with van der Waals surface area (Å²) >= 11 is 0. The summed E-state index contributed by atoms with van der Waals surface area (Å²) in [6.45, 7) is 7.48. The molecule has 0 bridgehead atoms. The first-order valence-corrected chi connectivity index (χ1v) is 6.53. The van der Waals surface area contributed by atoms with Crippen molar-refractivity contribution in [2.45, 2.75) is 27.2 Å². The maximum Gasteiger partial charge on any atom is 0.0372 e. The first kappa shape index (κ1) is 12.7. The quantitative estimate of drug-likeness (QED) is 0.840. The minimum atomic E-state index is 0.981. The first-order valence-electron chi connectivity index (χ1n) is 6.53. The van der Waals surface area contributed by atoms with Crippen LogP contribution < -0.4 is 5.32 Å². The van der Waals surface area contributed by atoms with Crippen molar-refractivity contribution in [2.75, 3.05) is 11.9 Å².